The summed E-state index contributed by atoms with van der Waals surface area (Å²) in [7, 11) is 1.74. The average Bonchev–Trinajstić information content (AvgIpc) is 3.38. The third-order valence-corrected chi connectivity index (χ3v) is 7.57. The second kappa shape index (κ2) is 9.48. The molecule has 31 heavy (non-hydrogen) atoms. The summed E-state index contributed by atoms with van der Waals surface area (Å²) in [5.41, 5.74) is -2.43. The van der Waals surface area contributed by atoms with Gasteiger partial charge in [-0.3, -0.25) is 0 Å². The fourth-order valence-electron chi connectivity index (χ4n) is 3.59. The van der Waals surface area contributed by atoms with E-state index in [2.05, 4.69) is 0 Å². The smallest absolute Gasteiger partial charge is 0.410 e. The molecule has 1 aliphatic carbocycles. The molecule has 3 rings (SSSR count). The second-order valence-electron chi connectivity index (χ2n) is 8.72. The molecule has 9 heteroatoms. The highest BCUT2D eigenvalue weighted by Crippen LogP contribution is 2.40. The molecular formula is C22H28ClNO5S2. The van der Waals surface area contributed by atoms with Crippen molar-refractivity contribution in [3.05, 3.63) is 43.7 Å². The minimum atomic E-state index is -1.88. The van der Waals surface area contributed by atoms with Crippen molar-refractivity contribution in [1.82, 2.24) is 4.90 Å². The highest BCUT2D eigenvalue weighted by atomic mass is 35.5. The number of carbonyl (C=O) groups excluding carboxylic acids is 2. The first kappa shape index (κ1) is 24.0. The predicted molar refractivity (Wildman–Crippen MR) is 123 cm³/mol. The van der Waals surface area contributed by atoms with E-state index in [0.29, 0.717) is 39.8 Å². The standard InChI is InChI=1S/C22H28ClNO5S2/c1-21(2,3)29-20(26)24(4)14-7-9-15(10-8-14)28-19(25)22(27,16-6-5-13-30-16)17-11-12-18(23)31-17/h5-6,11-15,27H,7-10H2,1-4H3/t14-,15-,22-/m0/s1. The van der Waals surface area contributed by atoms with Crippen molar-refractivity contribution in [2.75, 3.05) is 7.05 Å². The number of thiophene rings is 2. The Labute approximate surface area is 195 Å². The van der Waals surface area contributed by atoms with E-state index in [1.54, 1.807) is 41.6 Å². The van der Waals surface area contributed by atoms with Crippen LogP contribution in [0.1, 0.15) is 56.2 Å². The van der Waals surface area contributed by atoms with Gasteiger partial charge >= 0.3 is 12.1 Å². The molecule has 1 aliphatic rings. The van der Waals surface area contributed by atoms with Crippen LogP contribution in [0.5, 0.6) is 0 Å². The molecule has 1 fully saturated rings. The number of ether oxygens (including phenoxy) is 2. The van der Waals surface area contributed by atoms with E-state index in [-0.39, 0.29) is 18.2 Å². The van der Waals surface area contributed by atoms with E-state index in [9.17, 15) is 14.7 Å². The monoisotopic (exact) mass is 485 g/mol. The van der Waals surface area contributed by atoms with Crippen molar-refractivity contribution in [2.45, 2.75) is 69.8 Å². The van der Waals surface area contributed by atoms with Gasteiger partial charge in [0.2, 0.25) is 5.60 Å². The van der Waals surface area contributed by atoms with Crippen LogP contribution in [-0.2, 0) is 19.9 Å². The molecule has 6 nitrogen and oxygen atoms in total. The molecule has 1 atom stereocenters. The Balaban J connectivity index is 1.64. The SMILES string of the molecule is CN(C(=O)OC(C)(C)C)[C@H]1CC[C@H](OC(=O)[C@](O)(c2cccs2)c2ccc(Cl)s2)CC1. The zero-order valence-corrected chi connectivity index (χ0v) is 20.5. The van der Waals surface area contributed by atoms with E-state index in [1.165, 1.54) is 11.3 Å². The van der Waals surface area contributed by atoms with E-state index in [4.69, 9.17) is 21.1 Å². The number of rotatable bonds is 5. The summed E-state index contributed by atoms with van der Waals surface area (Å²) in [6.07, 6.45) is 1.92. The van der Waals surface area contributed by atoms with E-state index in [0.717, 1.165) is 11.3 Å². The maximum absolute atomic E-state index is 13.1. The molecule has 1 N–H and O–H groups in total. The summed E-state index contributed by atoms with van der Waals surface area (Å²) in [5, 5.41) is 13.2. The summed E-state index contributed by atoms with van der Waals surface area (Å²) >= 11 is 8.50. The molecule has 2 aromatic heterocycles. The number of aliphatic hydroxyl groups is 1. The Morgan fingerprint density at radius 3 is 2.32 bits per heavy atom. The van der Waals surface area contributed by atoms with Crippen LogP contribution < -0.4 is 0 Å². The molecule has 1 saturated carbocycles. The quantitative estimate of drug-likeness (QED) is 0.572. The Hall–Kier alpha value is -1.61. The molecule has 0 bridgehead atoms. The number of nitrogens with zero attached hydrogens (tertiary/aromatic N) is 1. The number of carbonyl (C=O) groups is 2. The van der Waals surface area contributed by atoms with E-state index < -0.39 is 17.2 Å². The van der Waals surface area contributed by atoms with Gasteiger partial charge in [-0.1, -0.05) is 17.7 Å². The van der Waals surface area contributed by atoms with Gasteiger partial charge in [0.25, 0.3) is 0 Å². The average molecular weight is 486 g/mol. The minimum absolute atomic E-state index is 0.0251. The molecule has 170 valence electrons. The number of halogens is 1. The van der Waals surface area contributed by atoms with Crippen LogP contribution in [0.4, 0.5) is 4.79 Å². The Kier molecular flexibility index (Phi) is 7.35. The lowest BCUT2D eigenvalue weighted by atomic mass is 9.91. The molecule has 2 aromatic rings. The molecule has 0 aliphatic heterocycles. The highest BCUT2D eigenvalue weighted by molar-refractivity contribution is 7.16. The fourth-order valence-corrected chi connectivity index (χ4v) is 5.61. The Bertz CT molecular complexity index is 899. The summed E-state index contributed by atoms with van der Waals surface area (Å²) in [6, 6.07) is 6.83. The van der Waals surface area contributed by atoms with Gasteiger partial charge in [0.15, 0.2) is 0 Å². The van der Waals surface area contributed by atoms with Crippen LogP contribution in [-0.4, -0.2) is 46.9 Å². The molecule has 0 unspecified atom stereocenters. The van der Waals surface area contributed by atoms with Crippen LogP contribution in [0, 0.1) is 0 Å². The minimum Gasteiger partial charge on any atom is -0.460 e. The topological polar surface area (TPSA) is 76.1 Å². The molecule has 0 spiro atoms. The van der Waals surface area contributed by atoms with Gasteiger partial charge < -0.3 is 19.5 Å². The van der Waals surface area contributed by atoms with Gasteiger partial charge in [0.05, 0.1) is 14.1 Å². The van der Waals surface area contributed by atoms with Gasteiger partial charge in [-0.2, -0.15) is 0 Å². The highest BCUT2D eigenvalue weighted by Gasteiger charge is 2.45. The first-order valence-electron chi connectivity index (χ1n) is 10.2. The number of esters is 1. The summed E-state index contributed by atoms with van der Waals surface area (Å²) in [4.78, 5) is 28.0. The lowest BCUT2D eigenvalue weighted by molar-refractivity contribution is -0.169. The maximum Gasteiger partial charge on any atom is 0.410 e. The first-order valence-corrected chi connectivity index (χ1v) is 12.3. The van der Waals surface area contributed by atoms with Gasteiger partial charge in [-0.05, 0) is 70.0 Å². The van der Waals surface area contributed by atoms with Crippen molar-refractivity contribution < 1.29 is 24.2 Å². The maximum atomic E-state index is 13.1. The summed E-state index contributed by atoms with van der Waals surface area (Å²) in [6.45, 7) is 5.51. The van der Waals surface area contributed by atoms with Crippen LogP contribution in [0.2, 0.25) is 4.34 Å². The fraction of sp³-hybridized carbons (Fsp3) is 0.545. The number of hydrogen-bond acceptors (Lipinski definition) is 7. The van der Waals surface area contributed by atoms with Crippen molar-refractivity contribution in [2.24, 2.45) is 0 Å². The van der Waals surface area contributed by atoms with Crippen molar-refractivity contribution in [3.8, 4) is 0 Å². The van der Waals surface area contributed by atoms with E-state index in [1.807, 2.05) is 20.8 Å². The number of hydrogen-bond donors (Lipinski definition) is 1. The lowest BCUT2D eigenvalue weighted by Crippen LogP contribution is -2.44. The predicted octanol–water partition coefficient (Wildman–Crippen LogP) is 5.42. The van der Waals surface area contributed by atoms with Crippen molar-refractivity contribution >= 4 is 46.3 Å². The largest absolute Gasteiger partial charge is 0.460 e. The molecule has 0 saturated heterocycles. The van der Waals surface area contributed by atoms with Crippen LogP contribution >= 0.6 is 34.3 Å². The second-order valence-corrected chi connectivity index (χ2v) is 11.4. The first-order chi connectivity index (χ1) is 14.5. The number of amides is 1. The summed E-state index contributed by atoms with van der Waals surface area (Å²) < 4.78 is 11.7. The molecule has 0 radical (unpaired) electrons. The lowest BCUT2D eigenvalue weighted by Gasteiger charge is -2.36. The molecule has 1 amide bonds. The van der Waals surface area contributed by atoms with Gasteiger partial charge in [0.1, 0.15) is 11.7 Å². The van der Waals surface area contributed by atoms with Crippen LogP contribution in [0.15, 0.2) is 29.6 Å². The zero-order valence-electron chi connectivity index (χ0n) is 18.1. The van der Waals surface area contributed by atoms with E-state index >= 15 is 0 Å². The molecule has 2 heterocycles. The molecule has 0 aromatic carbocycles. The third kappa shape index (κ3) is 5.61. The Morgan fingerprint density at radius 1 is 1.13 bits per heavy atom. The van der Waals surface area contributed by atoms with Crippen LogP contribution in [0.3, 0.4) is 0 Å². The normalized spacial score (nSPS) is 21.2. The van der Waals surface area contributed by atoms with Gasteiger partial charge in [0, 0.05) is 13.1 Å². The van der Waals surface area contributed by atoms with Crippen LogP contribution in [0.25, 0.3) is 0 Å². The van der Waals surface area contributed by atoms with Gasteiger partial charge in [-0.25, -0.2) is 9.59 Å². The van der Waals surface area contributed by atoms with Gasteiger partial charge in [-0.15, -0.1) is 22.7 Å². The summed E-state index contributed by atoms with van der Waals surface area (Å²) in [5.74, 6) is -0.697. The van der Waals surface area contributed by atoms with Crippen molar-refractivity contribution in [3.63, 3.8) is 0 Å². The van der Waals surface area contributed by atoms with Crippen molar-refractivity contribution in [1.29, 1.82) is 0 Å². The molecular weight excluding hydrogens is 458 g/mol. The Morgan fingerprint density at radius 2 is 1.81 bits per heavy atom. The zero-order chi connectivity index (χ0) is 22.8. The third-order valence-electron chi connectivity index (χ3n) is 5.25.